The van der Waals surface area contributed by atoms with E-state index in [9.17, 15) is 27.9 Å². The first kappa shape index (κ1) is 35.3. The van der Waals surface area contributed by atoms with Gasteiger partial charge in [-0.1, -0.05) is 47.7 Å². The zero-order valence-corrected chi connectivity index (χ0v) is 26.2. The summed E-state index contributed by atoms with van der Waals surface area (Å²) in [6.45, 7) is 2.56. The molecule has 4 aromatic rings. The Bertz CT molecular complexity index is 1600. The summed E-state index contributed by atoms with van der Waals surface area (Å²) in [5, 5.41) is 35.5. The van der Waals surface area contributed by atoms with E-state index >= 15 is 0 Å². The molecule has 4 N–H and O–H groups in total. The lowest BCUT2D eigenvalue weighted by Gasteiger charge is -2.12. The van der Waals surface area contributed by atoms with Gasteiger partial charge < -0.3 is 25.2 Å². The molecule has 2 aromatic heterocycles. The standard InChI is InChI=1S/C31H34F3N7O5S/c1-2-45-30(44)35-19-22-9-5-7-20(15-22)17-27(43)37-29-41-40-28(47-29)12-4-3-10-23-13-14-25(39-38-23)36-26(42)18-21-8-6-11-24(16-21)46-31(32,33)34/h5-9,11,13-16,30,35,44H,2-4,10,12,17-19H2,1H3,(H,36,39,42)(H,37,41,43). The average molecular weight is 674 g/mol. The van der Waals surface area contributed by atoms with Crippen LogP contribution in [0.25, 0.3) is 0 Å². The number of hydrogen-bond donors (Lipinski definition) is 4. The molecule has 0 aliphatic heterocycles. The minimum Gasteiger partial charge on any atom is -0.406 e. The molecule has 4 rings (SSSR count). The molecule has 0 radical (unpaired) electrons. The van der Waals surface area contributed by atoms with E-state index < -0.39 is 24.4 Å². The summed E-state index contributed by atoms with van der Waals surface area (Å²) < 4.78 is 46.2. The van der Waals surface area contributed by atoms with Gasteiger partial charge in [-0.05, 0) is 67.1 Å². The molecule has 2 amide bonds. The maximum Gasteiger partial charge on any atom is 0.573 e. The van der Waals surface area contributed by atoms with Gasteiger partial charge in [0.2, 0.25) is 23.4 Å². The minimum absolute atomic E-state index is 0.162. The third-order valence-corrected chi connectivity index (χ3v) is 7.33. The smallest absolute Gasteiger partial charge is 0.406 e. The molecule has 1 unspecified atom stereocenters. The van der Waals surface area contributed by atoms with Crippen LogP contribution in [0.1, 0.15) is 47.2 Å². The Kier molecular flexibility index (Phi) is 13.1. The maximum absolute atomic E-state index is 12.6. The summed E-state index contributed by atoms with van der Waals surface area (Å²) in [6, 6.07) is 16.1. The lowest BCUT2D eigenvalue weighted by atomic mass is 10.1. The van der Waals surface area contributed by atoms with E-state index in [-0.39, 0.29) is 24.6 Å². The van der Waals surface area contributed by atoms with E-state index in [1.165, 1.54) is 23.5 Å². The number of aliphatic hydroxyl groups is 1. The highest BCUT2D eigenvalue weighted by Gasteiger charge is 2.31. The predicted molar refractivity (Wildman–Crippen MR) is 167 cm³/mol. The second kappa shape index (κ2) is 17.4. The van der Waals surface area contributed by atoms with Crippen LogP contribution in [0, 0.1) is 0 Å². The summed E-state index contributed by atoms with van der Waals surface area (Å²) in [5.74, 6) is -0.840. The summed E-state index contributed by atoms with van der Waals surface area (Å²) in [5.41, 5.74) is 2.81. The Hall–Kier alpha value is -4.51. The van der Waals surface area contributed by atoms with Crippen molar-refractivity contribution in [3.8, 4) is 5.75 Å². The molecule has 250 valence electrons. The van der Waals surface area contributed by atoms with Gasteiger partial charge >= 0.3 is 6.36 Å². The number of benzene rings is 2. The van der Waals surface area contributed by atoms with Crippen molar-refractivity contribution in [2.45, 2.75) is 64.8 Å². The molecule has 0 fully saturated rings. The van der Waals surface area contributed by atoms with E-state index in [4.69, 9.17) is 4.74 Å². The number of hydrogen-bond acceptors (Lipinski definition) is 11. The predicted octanol–water partition coefficient (Wildman–Crippen LogP) is 4.56. The van der Waals surface area contributed by atoms with Gasteiger partial charge in [0.05, 0.1) is 18.5 Å². The van der Waals surface area contributed by atoms with Gasteiger partial charge in [0.1, 0.15) is 10.8 Å². The molecule has 0 saturated heterocycles. The van der Waals surface area contributed by atoms with Crippen molar-refractivity contribution >= 4 is 34.1 Å². The number of halogens is 3. The second-order valence-corrected chi connectivity index (χ2v) is 11.3. The fourth-order valence-corrected chi connectivity index (χ4v) is 5.19. The van der Waals surface area contributed by atoms with Crippen LogP contribution >= 0.6 is 11.3 Å². The maximum atomic E-state index is 12.6. The Balaban J connectivity index is 1.14. The van der Waals surface area contributed by atoms with Gasteiger partial charge in [-0.3, -0.25) is 14.9 Å². The minimum atomic E-state index is -4.81. The molecule has 16 heteroatoms. The van der Waals surface area contributed by atoms with Crippen LogP contribution in [0.2, 0.25) is 0 Å². The summed E-state index contributed by atoms with van der Waals surface area (Å²) in [4.78, 5) is 24.9. The molecule has 2 heterocycles. The number of nitrogens with one attached hydrogen (secondary N) is 3. The van der Waals surface area contributed by atoms with Gasteiger partial charge in [0, 0.05) is 19.6 Å². The van der Waals surface area contributed by atoms with E-state index in [0.29, 0.717) is 36.7 Å². The van der Waals surface area contributed by atoms with E-state index in [1.54, 1.807) is 19.1 Å². The Morgan fingerprint density at radius 3 is 2.30 bits per heavy atom. The highest BCUT2D eigenvalue weighted by Crippen LogP contribution is 2.24. The number of alkyl halides is 3. The first-order valence-electron chi connectivity index (χ1n) is 14.7. The molecule has 12 nitrogen and oxygen atoms in total. The van der Waals surface area contributed by atoms with Crippen LogP contribution in [0.15, 0.2) is 60.7 Å². The number of ether oxygens (including phenoxy) is 2. The van der Waals surface area contributed by atoms with E-state index in [0.717, 1.165) is 46.8 Å². The van der Waals surface area contributed by atoms with Crippen molar-refractivity contribution in [2.75, 3.05) is 17.2 Å². The molecule has 0 spiro atoms. The molecular weight excluding hydrogens is 639 g/mol. The van der Waals surface area contributed by atoms with Crippen molar-refractivity contribution in [3.63, 3.8) is 0 Å². The van der Waals surface area contributed by atoms with Crippen LogP contribution < -0.4 is 20.7 Å². The van der Waals surface area contributed by atoms with Gasteiger partial charge in [-0.2, -0.15) is 5.10 Å². The number of carbonyl (C=O) groups excluding carboxylic acids is 2. The molecular formula is C31H34F3N7O5S. The summed E-state index contributed by atoms with van der Waals surface area (Å²) >= 11 is 1.32. The number of nitrogens with zero attached hydrogens (tertiary/aromatic N) is 4. The Labute approximate surface area is 272 Å². The van der Waals surface area contributed by atoms with Crippen LogP contribution in [-0.4, -0.2) is 56.7 Å². The number of anilines is 2. The molecule has 47 heavy (non-hydrogen) atoms. The van der Waals surface area contributed by atoms with Crippen molar-refractivity contribution in [1.82, 2.24) is 25.7 Å². The number of amides is 2. The molecule has 0 saturated carbocycles. The quantitative estimate of drug-likeness (QED) is 0.0925. The highest BCUT2D eigenvalue weighted by atomic mass is 32.1. The zero-order chi connectivity index (χ0) is 33.6. The molecule has 0 bridgehead atoms. The van der Waals surface area contributed by atoms with Crippen molar-refractivity contribution in [3.05, 3.63) is 88.1 Å². The third kappa shape index (κ3) is 13.0. The first-order valence-corrected chi connectivity index (χ1v) is 15.6. The van der Waals surface area contributed by atoms with Gasteiger partial charge in [0.25, 0.3) is 0 Å². The second-order valence-electron chi connectivity index (χ2n) is 10.3. The van der Waals surface area contributed by atoms with E-state index in [2.05, 4.69) is 41.1 Å². The van der Waals surface area contributed by atoms with Crippen molar-refractivity contribution in [1.29, 1.82) is 0 Å². The third-order valence-electron chi connectivity index (χ3n) is 6.43. The van der Waals surface area contributed by atoms with Gasteiger partial charge in [-0.25, -0.2) is 0 Å². The van der Waals surface area contributed by atoms with E-state index in [1.807, 2.05) is 24.3 Å². The largest absolute Gasteiger partial charge is 0.573 e. The number of carbonyl (C=O) groups is 2. The monoisotopic (exact) mass is 673 g/mol. The number of aryl methyl sites for hydroxylation is 2. The number of rotatable bonds is 17. The average Bonchev–Trinajstić information content (AvgIpc) is 3.45. The molecule has 1 atom stereocenters. The van der Waals surface area contributed by atoms with Crippen LogP contribution in [0.3, 0.4) is 0 Å². The fourth-order valence-electron chi connectivity index (χ4n) is 4.39. The lowest BCUT2D eigenvalue weighted by Crippen LogP contribution is -2.30. The van der Waals surface area contributed by atoms with Gasteiger partial charge in [0.15, 0.2) is 5.82 Å². The number of aromatic nitrogens is 4. The summed E-state index contributed by atoms with van der Waals surface area (Å²) in [6.07, 6.45) is -2.95. The van der Waals surface area contributed by atoms with Gasteiger partial charge in [-0.15, -0.1) is 28.5 Å². The Morgan fingerprint density at radius 2 is 1.57 bits per heavy atom. The highest BCUT2D eigenvalue weighted by molar-refractivity contribution is 7.15. The molecule has 0 aliphatic carbocycles. The van der Waals surface area contributed by atoms with Crippen LogP contribution in [0.5, 0.6) is 5.75 Å². The fraction of sp³-hybridized carbons (Fsp3) is 0.355. The lowest BCUT2D eigenvalue weighted by molar-refractivity contribution is -0.274. The van der Waals surface area contributed by atoms with Crippen molar-refractivity contribution in [2.24, 2.45) is 0 Å². The first-order chi connectivity index (χ1) is 22.5. The SMILES string of the molecule is CCOC(O)NCc1cccc(CC(=O)Nc2nnc(CCCCc3ccc(NC(=O)Cc4cccc(OC(F)(F)F)c4)nn3)s2)c1. The van der Waals surface area contributed by atoms with Crippen molar-refractivity contribution < 1.29 is 37.3 Å². The normalized spacial score (nSPS) is 12.0. The van der Waals surface area contributed by atoms with Crippen LogP contribution in [0.4, 0.5) is 24.1 Å². The number of unbranched alkanes of at least 4 members (excludes halogenated alkanes) is 1. The number of aliphatic hydroxyl groups excluding tert-OH is 1. The molecule has 2 aromatic carbocycles. The molecule has 0 aliphatic rings. The Morgan fingerprint density at radius 1 is 0.872 bits per heavy atom. The topological polar surface area (TPSA) is 160 Å². The zero-order valence-electron chi connectivity index (χ0n) is 25.4. The summed E-state index contributed by atoms with van der Waals surface area (Å²) in [7, 11) is 0. The van der Waals surface area contributed by atoms with Crippen LogP contribution in [-0.2, 0) is 46.6 Å².